The van der Waals surface area contributed by atoms with Crippen molar-refractivity contribution in [1.82, 2.24) is 4.72 Å². The van der Waals surface area contributed by atoms with E-state index in [0.717, 1.165) is 6.42 Å². The first-order valence-electron chi connectivity index (χ1n) is 6.83. The summed E-state index contributed by atoms with van der Waals surface area (Å²) < 4.78 is 27.2. The van der Waals surface area contributed by atoms with Crippen molar-refractivity contribution in [3.63, 3.8) is 0 Å². The van der Waals surface area contributed by atoms with Gasteiger partial charge in [0.1, 0.15) is 4.90 Å². The van der Waals surface area contributed by atoms with Gasteiger partial charge in [-0.25, -0.2) is 13.1 Å². The van der Waals surface area contributed by atoms with Crippen molar-refractivity contribution in [1.29, 1.82) is 0 Å². The van der Waals surface area contributed by atoms with E-state index in [1.165, 1.54) is 0 Å². The van der Waals surface area contributed by atoms with Crippen molar-refractivity contribution in [3.8, 4) is 0 Å². The van der Waals surface area contributed by atoms with E-state index < -0.39 is 15.6 Å². The summed E-state index contributed by atoms with van der Waals surface area (Å²) in [4.78, 5) is 0.252. The average Bonchev–Trinajstić information content (AvgIpc) is 2.36. The number of rotatable bonds is 7. The summed E-state index contributed by atoms with van der Waals surface area (Å²) in [6.45, 7) is 8.12. The molecule has 0 radical (unpaired) electrons. The molecule has 5 nitrogen and oxygen atoms in total. The smallest absolute Gasteiger partial charge is 0.242 e. The first kappa shape index (κ1) is 16.9. The molecule has 4 N–H and O–H groups in total. The lowest BCUT2D eigenvalue weighted by Gasteiger charge is -2.32. The minimum absolute atomic E-state index is 0.123. The largest absolute Gasteiger partial charge is 0.378 e. The Morgan fingerprint density at radius 1 is 1.30 bits per heavy atom. The van der Waals surface area contributed by atoms with Gasteiger partial charge in [0.25, 0.3) is 0 Å². The fraction of sp³-hybridized carbons (Fsp3) is 0.571. The standard InChI is InChI=1S/C14H25N3O2S/c1-5-10-16-20(18,19)13-9-7-6-8-12(13)17-14(3,4)11(2)15/h6-9,11,16-17H,5,10,15H2,1-4H3. The summed E-state index contributed by atoms with van der Waals surface area (Å²) in [7, 11) is -3.50. The topological polar surface area (TPSA) is 84.2 Å². The minimum atomic E-state index is -3.50. The normalized spacial score (nSPS) is 14.1. The van der Waals surface area contributed by atoms with Crippen LogP contribution in [0.2, 0.25) is 0 Å². The first-order valence-corrected chi connectivity index (χ1v) is 8.31. The number of hydrogen-bond acceptors (Lipinski definition) is 4. The van der Waals surface area contributed by atoms with Crippen LogP contribution >= 0.6 is 0 Å². The van der Waals surface area contributed by atoms with Crippen molar-refractivity contribution in [2.24, 2.45) is 5.73 Å². The lowest BCUT2D eigenvalue weighted by Crippen LogP contribution is -2.47. The van der Waals surface area contributed by atoms with E-state index in [1.807, 2.05) is 27.7 Å². The third kappa shape index (κ3) is 4.19. The Balaban J connectivity index is 3.12. The molecule has 0 saturated carbocycles. The monoisotopic (exact) mass is 299 g/mol. The molecule has 0 amide bonds. The molecule has 1 aromatic rings. The van der Waals surface area contributed by atoms with E-state index in [0.29, 0.717) is 12.2 Å². The number of anilines is 1. The summed E-state index contributed by atoms with van der Waals surface area (Å²) in [6, 6.07) is 6.74. The van der Waals surface area contributed by atoms with Gasteiger partial charge in [-0.05, 0) is 39.3 Å². The van der Waals surface area contributed by atoms with Crippen LogP contribution in [0.1, 0.15) is 34.1 Å². The molecule has 0 fully saturated rings. The average molecular weight is 299 g/mol. The fourth-order valence-corrected chi connectivity index (χ4v) is 2.87. The zero-order valence-corrected chi connectivity index (χ0v) is 13.4. The van der Waals surface area contributed by atoms with Crippen LogP contribution in [0.5, 0.6) is 0 Å². The van der Waals surface area contributed by atoms with Crippen LogP contribution in [0.15, 0.2) is 29.2 Å². The van der Waals surface area contributed by atoms with E-state index >= 15 is 0 Å². The summed E-state index contributed by atoms with van der Waals surface area (Å²) >= 11 is 0. The second-order valence-corrected chi connectivity index (χ2v) is 7.26. The van der Waals surface area contributed by atoms with Crippen molar-refractivity contribution in [3.05, 3.63) is 24.3 Å². The molecule has 6 heteroatoms. The van der Waals surface area contributed by atoms with E-state index in [-0.39, 0.29) is 10.9 Å². The van der Waals surface area contributed by atoms with Gasteiger partial charge in [0, 0.05) is 18.1 Å². The number of nitrogens with two attached hydrogens (primary N) is 1. The number of benzene rings is 1. The Morgan fingerprint density at radius 3 is 2.45 bits per heavy atom. The Hall–Kier alpha value is -1.11. The maximum Gasteiger partial charge on any atom is 0.242 e. The summed E-state index contributed by atoms with van der Waals surface area (Å²) in [5.41, 5.74) is 6.09. The van der Waals surface area contributed by atoms with Crippen LogP contribution in [-0.2, 0) is 10.0 Å². The highest BCUT2D eigenvalue weighted by atomic mass is 32.2. The van der Waals surface area contributed by atoms with Gasteiger partial charge in [-0.15, -0.1) is 0 Å². The third-order valence-corrected chi connectivity index (χ3v) is 4.83. The van der Waals surface area contributed by atoms with Crippen LogP contribution < -0.4 is 15.8 Å². The highest BCUT2D eigenvalue weighted by Crippen LogP contribution is 2.25. The van der Waals surface area contributed by atoms with E-state index in [4.69, 9.17) is 5.73 Å². The Labute approximate surface area is 122 Å². The molecule has 0 aliphatic rings. The van der Waals surface area contributed by atoms with Crippen molar-refractivity contribution < 1.29 is 8.42 Å². The molecule has 0 heterocycles. The minimum Gasteiger partial charge on any atom is -0.378 e. The number of para-hydroxylation sites is 1. The quantitative estimate of drug-likeness (QED) is 0.718. The molecule has 1 rings (SSSR count). The van der Waals surface area contributed by atoms with Gasteiger partial charge >= 0.3 is 0 Å². The molecular weight excluding hydrogens is 274 g/mol. The summed E-state index contributed by atoms with van der Waals surface area (Å²) in [5.74, 6) is 0. The first-order chi connectivity index (χ1) is 9.20. The van der Waals surface area contributed by atoms with Crippen LogP contribution in [0.25, 0.3) is 0 Å². The van der Waals surface area contributed by atoms with Crippen LogP contribution in [0.4, 0.5) is 5.69 Å². The number of nitrogens with one attached hydrogen (secondary N) is 2. The van der Waals surface area contributed by atoms with E-state index in [1.54, 1.807) is 24.3 Å². The highest BCUT2D eigenvalue weighted by molar-refractivity contribution is 7.89. The zero-order chi connectivity index (χ0) is 15.4. The van der Waals surface area contributed by atoms with E-state index in [9.17, 15) is 8.42 Å². The molecule has 0 spiro atoms. The predicted molar refractivity (Wildman–Crippen MR) is 83.3 cm³/mol. The second-order valence-electron chi connectivity index (χ2n) is 5.53. The number of hydrogen-bond donors (Lipinski definition) is 3. The van der Waals surface area contributed by atoms with Crippen molar-refractivity contribution in [2.75, 3.05) is 11.9 Å². The Bertz CT molecular complexity index is 539. The summed E-state index contributed by atoms with van der Waals surface area (Å²) in [6.07, 6.45) is 0.750. The molecule has 1 aromatic carbocycles. The molecule has 0 bridgehead atoms. The lowest BCUT2D eigenvalue weighted by atomic mass is 9.96. The zero-order valence-electron chi connectivity index (χ0n) is 12.6. The molecule has 1 atom stereocenters. The molecule has 20 heavy (non-hydrogen) atoms. The molecule has 0 aromatic heterocycles. The van der Waals surface area contributed by atoms with Gasteiger partial charge in [-0.3, -0.25) is 0 Å². The van der Waals surface area contributed by atoms with Crippen LogP contribution in [0.3, 0.4) is 0 Å². The second kappa shape index (κ2) is 6.56. The fourth-order valence-electron chi connectivity index (χ4n) is 1.58. The van der Waals surface area contributed by atoms with Crippen LogP contribution in [0, 0.1) is 0 Å². The van der Waals surface area contributed by atoms with E-state index in [2.05, 4.69) is 10.0 Å². The number of sulfonamides is 1. The van der Waals surface area contributed by atoms with Gasteiger partial charge in [0.05, 0.1) is 5.69 Å². The van der Waals surface area contributed by atoms with Gasteiger partial charge < -0.3 is 11.1 Å². The Kier molecular flexibility index (Phi) is 5.56. The maximum atomic E-state index is 12.3. The molecule has 0 aliphatic carbocycles. The predicted octanol–water partition coefficient (Wildman–Crippen LogP) is 1.91. The van der Waals surface area contributed by atoms with Crippen LogP contribution in [-0.4, -0.2) is 26.5 Å². The molecule has 0 saturated heterocycles. The molecule has 0 aliphatic heterocycles. The molecule has 114 valence electrons. The van der Waals surface area contributed by atoms with Crippen molar-refractivity contribution in [2.45, 2.75) is 50.6 Å². The molecule has 1 unspecified atom stereocenters. The summed E-state index contributed by atoms with van der Waals surface area (Å²) in [5, 5.41) is 3.22. The van der Waals surface area contributed by atoms with Gasteiger partial charge in [-0.1, -0.05) is 19.1 Å². The Morgan fingerprint density at radius 2 is 1.90 bits per heavy atom. The SMILES string of the molecule is CCCNS(=O)(=O)c1ccccc1NC(C)(C)C(C)N. The van der Waals surface area contributed by atoms with Gasteiger partial charge in [0.15, 0.2) is 0 Å². The molecular formula is C14H25N3O2S. The highest BCUT2D eigenvalue weighted by Gasteiger charge is 2.26. The lowest BCUT2D eigenvalue weighted by molar-refractivity contribution is 0.469. The van der Waals surface area contributed by atoms with Gasteiger partial charge in [-0.2, -0.15) is 0 Å². The van der Waals surface area contributed by atoms with Crippen molar-refractivity contribution >= 4 is 15.7 Å². The third-order valence-electron chi connectivity index (χ3n) is 3.31. The maximum absolute atomic E-state index is 12.3. The van der Waals surface area contributed by atoms with Gasteiger partial charge in [0.2, 0.25) is 10.0 Å².